The lowest BCUT2D eigenvalue weighted by atomic mass is 10.0. The average molecular weight is 352 g/mol. The summed E-state index contributed by atoms with van der Waals surface area (Å²) >= 11 is 19.9. The molecule has 0 aliphatic carbocycles. The van der Waals surface area contributed by atoms with Crippen molar-refractivity contribution >= 4 is 55.4 Å². The Morgan fingerprint density at radius 2 is 0.947 bits per heavy atom. The summed E-state index contributed by atoms with van der Waals surface area (Å²) in [6.45, 7) is 0. The maximum Gasteiger partial charge on any atom is 0.440 e. The van der Waals surface area contributed by atoms with Crippen molar-refractivity contribution in [2.24, 2.45) is 0 Å². The smallest absolute Gasteiger partial charge is 0.289 e. The second kappa shape index (κ2) is 7.93. The van der Waals surface area contributed by atoms with Crippen LogP contribution in [0.3, 0.4) is 0 Å². The van der Waals surface area contributed by atoms with Gasteiger partial charge in [-0.05, 0) is 0 Å². The predicted octanol–water partition coefficient (Wildman–Crippen LogP) is 5.29. The maximum absolute atomic E-state index is 11.8. The van der Waals surface area contributed by atoms with Gasteiger partial charge in [0.2, 0.25) is 0 Å². The average Bonchev–Trinajstić information content (AvgIpc) is 2.38. The quantitative estimate of drug-likeness (QED) is 0.408. The van der Waals surface area contributed by atoms with Crippen LogP contribution in [-0.2, 0) is 0 Å². The van der Waals surface area contributed by atoms with Crippen LogP contribution in [0.5, 0.6) is 0 Å². The van der Waals surface area contributed by atoms with E-state index in [0.717, 1.165) is 11.1 Å². The first-order chi connectivity index (χ1) is 8.88. The van der Waals surface area contributed by atoms with Gasteiger partial charge in [-0.25, -0.2) is 0 Å². The number of benzene rings is 2. The highest BCUT2D eigenvalue weighted by atomic mass is 36.0. The van der Waals surface area contributed by atoms with Gasteiger partial charge < -0.3 is 0 Å². The van der Waals surface area contributed by atoms with E-state index in [0.29, 0.717) is 0 Å². The van der Waals surface area contributed by atoms with Crippen LogP contribution < -0.4 is 0 Å². The number of halogens is 4. The predicted molar refractivity (Wildman–Crippen MR) is 85.5 cm³/mol. The Morgan fingerprint density at radius 1 is 0.684 bits per heavy atom. The molecule has 0 bridgehead atoms. The first-order valence-corrected chi connectivity index (χ1v) is 11.3. The van der Waals surface area contributed by atoms with E-state index >= 15 is 0 Å². The Morgan fingerprint density at radius 3 is 1.21 bits per heavy atom. The van der Waals surface area contributed by atoms with Crippen LogP contribution in [0.15, 0.2) is 60.7 Å². The van der Waals surface area contributed by atoms with Gasteiger partial charge in [0.25, 0.3) is 0 Å². The molecule has 0 unspecified atom stereocenters. The van der Waals surface area contributed by atoms with Gasteiger partial charge in [-0.2, -0.15) is 0 Å². The van der Waals surface area contributed by atoms with Crippen LogP contribution in [0.25, 0.3) is 0 Å². The zero-order valence-electron chi connectivity index (χ0n) is 9.69. The molecule has 0 saturated heterocycles. The number of ketones is 1. The summed E-state index contributed by atoms with van der Waals surface area (Å²) in [7, 11) is 0. The highest BCUT2D eigenvalue weighted by Gasteiger charge is 2.19. The summed E-state index contributed by atoms with van der Waals surface area (Å²) in [6.07, 6.45) is 0. The van der Waals surface area contributed by atoms with Crippen molar-refractivity contribution in [1.29, 1.82) is 0 Å². The third kappa shape index (κ3) is 7.60. The number of rotatable bonds is 2. The van der Waals surface area contributed by atoms with Crippen LogP contribution in [0.4, 0.5) is 0 Å². The van der Waals surface area contributed by atoms with Crippen molar-refractivity contribution in [3.63, 3.8) is 0 Å². The summed E-state index contributed by atoms with van der Waals surface area (Å²) < 4.78 is 0. The lowest BCUT2D eigenvalue weighted by molar-refractivity contribution is 0.103. The normalized spacial score (nSPS) is 10.3. The molecule has 6 heteroatoms. The van der Waals surface area contributed by atoms with Crippen molar-refractivity contribution in [2.75, 3.05) is 0 Å². The van der Waals surface area contributed by atoms with Crippen LogP contribution in [0, 0.1) is 0 Å². The van der Waals surface area contributed by atoms with Gasteiger partial charge >= 0.3 is 5.31 Å². The molecule has 0 radical (unpaired) electrons. The molecular formula is C13H10Cl4OSi. The fourth-order valence-corrected chi connectivity index (χ4v) is 1.35. The lowest BCUT2D eigenvalue weighted by Gasteiger charge is -1.99. The maximum atomic E-state index is 11.8. The Balaban J connectivity index is 0.000000312. The largest absolute Gasteiger partial charge is 0.440 e. The number of carbonyl (C=O) groups is 1. The Kier molecular flexibility index (Phi) is 6.90. The molecule has 0 fully saturated rings. The molecule has 0 aliphatic rings. The van der Waals surface area contributed by atoms with E-state index in [1.165, 1.54) is 0 Å². The van der Waals surface area contributed by atoms with Gasteiger partial charge in [-0.3, -0.25) is 4.79 Å². The monoisotopic (exact) mass is 350 g/mol. The standard InChI is InChI=1S/C13H10O.Cl4Si/c14-13(11-7-3-1-4-8-11)12-9-5-2-6-10-12;1-5(2,3)4/h1-10H;. The number of hydrogen-bond donors (Lipinski definition) is 0. The van der Waals surface area contributed by atoms with Crippen LogP contribution in [0.1, 0.15) is 15.9 Å². The first-order valence-electron chi connectivity index (χ1n) is 5.28. The molecule has 0 spiro atoms. The van der Waals surface area contributed by atoms with Crippen molar-refractivity contribution in [3.8, 4) is 0 Å². The van der Waals surface area contributed by atoms with Crippen LogP contribution in [0.2, 0.25) is 0 Å². The Labute approximate surface area is 131 Å². The van der Waals surface area contributed by atoms with Gasteiger partial charge in [0.1, 0.15) is 0 Å². The summed E-state index contributed by atoms with van der Waals surface area (Å²) in [5.74, 6) is 0.0752. The van der Waals surface area contributed by atoms with E-state index in [9.17, 15) is 4.79 Å². The van der Waals surface area contributed by atoms with Gasteiger partial charge in [-0.1, -0.05) is 60.7 Å². The molecule has 0 aromatic heterocycles. The van der Waals surface area contributed by atoms with Gasteiger partial charge in [0.15, 0.2) is 5.78 Å². The van der Waals surface area contributed by atoms with Crippen molar-refractivity contribution in [3.05, 3.63) is 71.8 Å². The Hall–Kier alpha value is -0.513. The summed E-state index contributed by atoms with van der Waals surface area (Å²) in [4.78, 5) is 11.8. The van der Waals surface area contributed by atoms with E-state index in [-0.39, 0.29) is 5.78 Å². The molecule has 0 amide bonds. The third-order valence-electron chi connectivity index (χ3n) is 2.07. The van der Waals surface area contributed by atoms with Crippen molar-refractivity contribution in [1.82, 2.24) is 0 Å². The zero-order valence-corrected chi connectivity index (χ0v) is 13.7. The molecule has 0 aliphatic heterocycles. The fraction of sp³-hybridized carbons (Fsp3) is 0. The zero-order chi connectivity index (χ0) is 14.3. The highest BCUT2D eigenvalue weighted by molar-refractivity contribution is 7.81. The molecular weight excluding hydrogens is 342 g/mol. The molecule has 19 heavy (non-hydrogen) atoms. The summed E-state index contributed by atoms with van der Waals surface area (Å²) in [5, 5.41) is -2.72. The number of hydrogen-bond acceptors (Lipinski definition) is 1. The number of carbonyl (C=O) groups excluding carboxylic acids is 1. The SMILES string of the molecule is Cl[Si](Cl)(Cl)Cl.O=C(c1ccccc1)c1ccccc1. The minimum atomic E-state index is -2.72. The second-order valence-corrected chi connectivity index (χ2v) is 14.6. The molecule has 2 rings (SSSR count). The molecule has 0 heterocycles. The summed E-state index contributed by atoms with van der Waals surface area (Å²) in [5.41, 5.74) is 1.47. The van der Waals surface area contributed by atoms with E-state index in [2.05, 4.69) is 0 Å². The topological polar surface area (TPSA) is 17.1 Å². The van der Waals surface area contributed by atoms with Crippen LogP contribution >= 0.6 is 44.3 Å². The molecule has 100 valence electrons. The molecule has 1 nitrogen and oxygen atoms in total. The third-order valence-corrected chi connectivity index (χ3v) is 2.07. The first kappa shape index (κ1) is 16.5. The van der Waals surface area contributed by atoms with Gasteiger partial charge in [0.05, 0.1) is 0 Å². The van der Waals surface area contributed by atoms with Crippen molar-refractivity contribution < 1.29 is 4.79 Å². The molecule has 0 atom stereocenters. The lowest BCUT2D eigenvalue weighted by Crippen LogP contribution is -1.99. The van der Waals surface area contributed by atoms with E-state index in [1.54, 1.807) is 0 Å². The van der Waals surface area contributed by atoms with Crippen LogP contribution in [-0.4, -0.2) is 11.1 Å². The summed E-state index contributed by atoms with van der Waals surface area (Å²) in [6, 6.07) is 18.6. The Bertz CT molecular complexity index is 464. The molecule has 0 N–H and O–H groups in total. The van der Waals surface area contributed by atoms with Gasteiger partial charge in [-0.15, -0.1) is 44.3 Å². The van der Waals surface area contributed by atoms with E-state index in [4.69, 9.17) is 44.3 Å². The van der Waals surface area contributed by atoms with Gasteiger partial charge in [0, 0.05) is 11.1 Å². The molecule has 2 aromatic carbocycles. The van der Waals surface area contributed by atoms with E-state index in [1.807, 2.05) is 60.7 Å². The van der Waals surface area contributed by atoms with Crippen molar-refractivity contribution in [2.45, 2.75) is 0 Å². The second-order valence-electron chi connectivity index (χ2n) is 3.49. The highest BCUT2D eigenvalue weighted by Crippen LogP contribution is 2.23. The minimum absolute atomic E-state index is 0.0752. The van der Waals surface area contributed by atoms with E-state index < -0.39 is 5.31 Å². The fourth-order valence-electron chi connectivity index (χ4n) is 1.35. The molecule has 0 saturated carbocycles. The molecule has 2 aromatic rings. The minimum Gasteiger partial charge on any atom is -0.289 e.